The number of rotatable bonds is 2. The Kier molecular flexibility index (Phi) is 3.55. The molecule has 0 N–H and O–H groups in total. The van der Waals surface area contributed by atoms with E-state index in [2.05, 4.69) is 27.1 Å². The van der Waals surface area contributed by atoms with Gasteiger partial charge in [-0.25, -0.2) is 0 Å². The van der Waals surface area contributed by atoms with Gasteiger partial charge < -0.3 is 0 Å². The molecule has 0 saturated carbocycles. The first-order valence-electron chi connectivity index (χ1n) is 4.98. The highest BCUT2D eigenvalue weighted by Gasteiger charge is 2.07. The highest BCUT2D eigenvalue weighted by atomic mass is 79.9. The molecule has 86 valence electrons. The first kappa shape index (κ1) is 12.2. The fourth-order valence-corrected chi connectivity index (χ4v) is 2.99. The molecule has 0 amide bonds. The van der Waals surface area contributed by atoms with E-state index in [-0.39, 0.29) is 0 Å². The summed E-state index contributed by atoms with van der Waals surface area (Å²) in [7, 11) is 1.92. The van der Waals surface area contributed by atoms with Gasteiger partial charge in [0.25, 0.3) is 0 Å². The Balaban J connectivity index is 2.31. The molecular weight excluding hydrogens is 298 g/mol. The van der Waals surface area contributed by atoms with Crippen molar-refractivity contribution in [3.63, 3.8) is 0 Å². The van der Waals surface area contributed by atoms with E-state index in [1.165, 1.54) is 0 Å². The molecular formula is C12H10BrN3S. The zero-order chi connectivity index (χ0) is 12.4. The van der Waals surface area contributed by atoms with Crippen LogP contribution < -0.4 is 0 Å². The summed E-state index contributed by atoms with van der Waals surface area (Å²) in [5.74, 6) is 0. The van der Waals surface area contributed by atoms with E-state index in [1.807, 2.05) is 42.9 Å². The fourth-order valence-electron chi connectivity index (χ4n) is 1.45. The van der Waals surface area contributed by atoms with Crippen molar-refractivity contribution in [3.8, 4) is 6.07 Å². The average Bonchev–Trinajstić information content (AvgIpc) is 2.60. The third-order valence-electron chi connectivity index (χ3n) is 2.23. The van der Waals surface area contributed by atoms with Gasteiger partial charge in [-0.1, -0.05) is 11.8 Å². The SMILES string of the molecule is Cc1cc(Sc2ccc(C#N)cc2Br)n(C)n1. The lowest BCUT2D eigenvalue weighted by molar-refractivity contribution is 0.692. The lowest BCUT2D eigenvalue weighted by Gasteiger charge is -2.04. The summed E-state index contributed by atoms with van der Waals surface area (Å²) >= 11 is 5.10. The van der Waals surface area contributed by atoms with Crippen LogP contribution in [0.4, 0.5) is 0 Å². The summed E-state index contributed by atoms with van der Waals surface area (Å²) in [6.45, 7) is 1.97. The molecule has 0 aliphatic rings. The van der Waals surface area contributed by atoms with E-state index < -0.39 is 0 Å². The van der Waals surface area contributed by atoms with Crippen molar-refractivity contribution < 1.29 is 0 Å². The highest BCUT2D eigenvalue weighted by Crippen LogP contribution is 2.33. The number of hydrogen-bond acceptors (Lipinski definition) is 3. The summed E-state index contributed by atoms with van der Waals surface area (Å²) in [6, 6.07) is 9.74. The van der Waals surface area contributed by atoms with E-state index in [0.29, 0.717) is 5.56 Å². The van der Waals surface area contributed by atoms with Crippen LogP contribution in [0.1, 0.15) is 11.3 Å². The number of nitrogens with zero attached hydrogens (tertiary/aromatic N) is 3. The molecule has 5 heteroatoms. The van der Waals surface area contributed by atoms with Crippen LogP contribution in [0.5, 0.6) is 0 Å². The average molecular weight is 308 g/mol. The minimum atomic E-state index is 0.655. The monoisotopic (exact) mass is 307 g/mol. The van der Waals surface area contributed by atoms with Crippen LogP contribution in [0.25, 0.3) is 0 Å². The number of halogens is 1. The molecule has 0 aliphatic carbocycles. The van der Waals surface area contributed by atoms with Crippen molar-refractivity contribution in [1.29, 1.82) is 5.26 Å². The summed E-state index contributed by atoms with van der Waals surface area (Å²) in [4.78, 5) is 1.08. The fraction of sp³-hybridized carbons (Fsp3) is 0.167. The molecule has 3 nitrogen and oxygen atoms in total. The van der Waals surface area contributed by atoms with Crippen LogP contribution in [0.2, 0.25) is 0 Å². The second-order valence-electron chi connectivity index (χ2n) is 3.61. The van der Waals surface area contributed by atoms with E-state index in [4.69, 9.17) is 5.26 Å². The van der Waals surface area contributed by atoms with E-state index >= 15 is 0 Å². The van der Waals surface area contributed by atoms with Crippen molar-refractivity contribution in [2.75, 3.05) is 0 Å². The van der Waals surface area contributed by atoms with E-state index in [0.717, 1.165) is 20.1 Å². The molecule has 0 unspecified atom stereocenters. The van der Waals surface area contributed by atoms with Crippen molar-refractivity contribution in [2.45, 2.75) is 16.8 Å². The maximum Gasteiger partial charge on any atom is 0.0992 e. The van der Waals surface area contributed by atoms with Crippen LogP contribution in [0, 0.1) is 18.3 Å². The molecule has 1 aromatic carbocycles. The van der Waals surface area contributed by atoms with Crippen LogP contribution >= 0.6 is 27.7 Å². The summed E-state index contributed by atoms with van der Waals surface area (Å²) in [5, 5.41) is 14.2. The molecule has 0 aliphatic heterocycles. The van der Waals surface area contributed by atoms with Crippen molar-refractivity contribution in [2.24, 2.45) is 7.05 Å². The third-order valence-corrected chi connectivity index (χ3v) is 4.32. The normalized spacial score (nSPS) is 10.2. The van der Waals surface area contributed by atoms with Crippen LogP contribution in [-0.2, 0) is 7.05 Å². The Morgan fingerprint density at radius 1 is 1.41 bits per heavy atom. The third kappa shape index (κ3) is 2.71. The Hall–Kier alpha value is -1.25. The minimum absolute atomic E-state index is 0.655. The lowest BCUT2D eigenvalue weighted by atomic mass is 10.2. The maximum absolute atomic E-state index is 8.80. The number of nitriles is 1. The topological polar surface area (TPSA) is 41.6 Å². The number of hydrogen-bond donors (Lipinski definition) is 0. The maximum atomic E-state index is 8.80. The standard InChI is InChI=1S/C12H10BrN3S/c1-8-5-12(16(2)15-8)17-11-4-3-9(7-14)6-10(11)13/h3-6H,1-2H3. The van der Waals surface area contributed by atoms with Crippen LogP contribution in [0.3, 0.4) is 0 Å². The quantitative estimate of drug-likeness (QED) is 0.852. The molecule has 0 spiro atoms. The van der Waals surface area contributed by atoms with Gasteiger partial charge >= 0.3 is 0 Å². The predicted octanol–water partition coefficient (Wildman–Crippen LogP) is 3.51. The minimum Gasteiger partial charge on any atom is -0.262 e. The van der Waals surface area contributed by atoms with Gasteiger partial charge in [0.15, 0.2) is 0 Å². The van der Waals surface area contributed by atoms with Gasteiger partial charge in [0.2, 0.25) is 0 Å². The Bertz CT molecular complexity index is 598. The molecule has 1 aromatic heterocycles. The Morgan fingerprint density at radius 2 is 2.18 bits per heavy atom. The van der Waals surface area contributed by atoms with Gasteiger partial charge in [-0.3, -0.25) is 4.68 Å². The molecule has 2 rings (SSSR count). The van der Waals surface area contributed by atoms with Crippen molar-refractivity contribution in [1.82, 2.24) is 9.78 Å². The second kappa shape index (κ2) is 4.94. The molecule has 0 saturated heterocycles. The first-order valence-corrected chi connectivity index (χ1v) is 6.59. The van der Waals surface area contributed by atoms with Gasteiger partial charge in [-0.2, -0.15) is 10.4 Å². The lowest BCUT2D eigenvalue weighted by Crippen LogP contribution is -1.92. The van der Waals surface area contributed by atoms with E-state index in [9.17, 15) is 0 Å². The van der Waals surface area contributed by atoms with E-state index in [1.54, 1.807) is 11.8 Å². The second-order valence-corrected chi connectivity index (χ2v) is 5.52. The predicted molar refractivity (Wildman–Crippen MR) is 70.9 cm³/mol. The zero-order valence-corrected chi connectivity index (χ0v) is 11.8. The first-order chi connectivity index (χ1) is 8.10. The van der Waals surface area contributed by atoms with Gasteiger partial charge in [0, 0.05) is 16.4 Å². The number of aryl methyl sites for hydroxylation is 2. The molecule has 17 heavy (non-hydrogen) atoms. The molecule has 2 aromatic rings. The van der Waals surface area contributed by atoms with Crippen LogP contribution in [-0.4, -0.2) is 9.78 Å². The molecule has 0 fully saturated rings. The number of aromatic nitrogens is 2. The number of benzene rings is 1. The summed E-state index contributed by atoms with van der Waals surface area (Å²) in [6.07, 6.45) is 0. The smallest absolute Gasteiger partial charge is 0.0992 e. The van der Waals surface area contributed by atoms with Crippen molar-refractivity contribution >= 4 is 27.7 Å². The molecule has 0 atom stereocenters. The van der Waals surface area contributed by atoms with Gasteiger partial charge in [0.05, 0.1) is 22.4 Å². The molecule has 1 heterocycles. The Labute approximate surface area is 113 Å². The summed E-state index contributed by atoms with van der Waals surface area (Å²) in [5.41, 5.74) is 1.65. The zero-order valence-electron chi connectivity index (χ0n) is 9.44. The molecule has 0 bridgehead atoms. The van der Waals surface area contributed by atoms with Gasteiger partial charge in [-0.05, 0) is 47.1 Å². The van der Waals surface area contributed by atoms with Gasteiger partial charge in [0.1, 0.15) is 0 Å². The Morgan fingerprint density at radius 3 is 2.71 bits per heavy atom. The van der Waals surface area contributed by atoms with Gasteiger partial charge in [-0.15, -0.1) is 0 Å². The van der Waals surface area contributed by atoms with Crippen LogP contribution in [0.15, 0.2) is 38.7 Å². The van der Waals surface area contributed by atoms with Crippen molar-refractivity contribution in [3.05, 3.63) is 40.0 Å². The summed E-state index contributed by atoms with van der Waals surface area (Å²) < 4.78 is 2.78. The largest absolute Gasteiger partial charge is 0.262 e. The molecule has 0 radical (unpaired) electrons. The highest BCUT2D eigenvalue weighted by molar-refractivity contribution is 9.10.